The number of nitrogens with zero attached hydrogens (tertiary/aromatic N) is 1. The summed E-state index contributed by atoms with van der Waals surface area (Å²) in [7, 11) is 0. The van der Waals surface area contributed by atoms with E-state index in [0.717, 1.165) is 23.4 Å². The number of hydrogen-bond donors (Lipinski definition) is 1. The molecule has 1 fully saturated rings. The molecule has 0 atom stereocenters. The van der Waals surface area contributed by atoms with Crippen LogP contribution in [-0.2, 0) is 14.3 Å². The fourth-order valence-electron chi connectivity index (χ4n) is 3.32. The van der Waals surface area contributed by atoms with Crippen LogP contribution in [0.3, 0.4) is 0 Å². The molecule has 1 heterocycles. The molecule has 1 saturated heterocycles. The minimum Gasteiger partial charge on any atom is -0.454 e. The van der Waals surface area contributed by atoms with Crippen LogP contribution in [0.1, 0.15) is 46.9 Å². The van der Waals surface area contributed by atoms with E-state index in [1.54, 1.807) is 47.4 Å². The van der Waals surface area contributed by atoms with E-state index in [0.29, 0.717) is 29.8 Å². The van der Waals surface area contributed by atoms with Crippen LogP contribution in [0.25, 0.3) is 0 Å². The van der Waals surface area contributed by atoms with Crippen molar-refractivity contribution in [1.82, 2.24) is 0 Å². The Morgan fingerprint density at radius 3 is 2.42 bits per heavy atom. The third-order valence-electron chi connectivity index (χ3n) is 4.90. The Morgan fingerprint density at radius 1 is 1.06 bits per heavy atom. The van der Waals surface area contributed by atoms with Crippen molar-refractivity contribution in [3.8, 4) is 0 Å². The zero-order valence-electron chi connectivity index (χ0n) is 17.5. The van der Waals surface area contributed by atoms with Gasteiger partial charge in [-0.25, -0.2) is 4.79 Å². The van der Waals surface area contributed by atoms with Crippen LogP contribution in [0.2, 0.25) is 0 Å². The molecule has 2 amide bonds. The molecule has 0 radical (unpaired) electrons. The first-order valence-electron chi connectivity index (χ1n) is 9.95. The van der Waals surface area contributed by atoms with E-state index in [-0.39, 0.29) is 17.6 Å². The van der Waals surface area contributed by atoms with E-state index in [4.69, 9.17) is 4.74 Å². The standard InChI is InChI=1S/C23H24N2O5S/c1-15(26)24-19-13-17(8-11-21(19)31-2)20(27)14-30-23(29)16-6-9-18(10-7-16)25-12-4-3-5-22(25)28/h6-11,13H,3-5,12,14H2,1-2H3,(H,24,26). The van der Waals surface area contributed by atoms with Gasteiger partial charge in [0.15, 0.2) is 12.4 Å². The Morgan fingerprint density at radius 2 is 1.77 bits per heavy atom. The molecule has 8 heteroatoms. The van der Waals surface area contributed by atoms with E-state index < -0.39 is 12.6 Å². The van der Waals surface area contributed by atoms with Crippen LogP contribution in [-0.4, -0.2) is 43.0 Å². The second-order valence-electron chi connectivity index (χ2n) is 7.14. The number of carbonyl (C=O) groups excluding carboxylic acids is 4. The van der Waals surface area contributed by atoms with Crippen molar-refractivity contribution >= 4 is 46.7 Å². The summed E-state index contributed by atoms with van der Waals surface area (Å²) in [6, 6.07) is 11.6. The van der Waals surface area contributed by atoms with Gasteiger partial charge in [-0.15, -0.1) is 11.8 Å². The van der Waals surface area contributed by atoms with Gasteiger partial charge in [0.05, 0.1) is 11.3 Å². The Balaban J connectivity index is 1.62. The van der Waals surface area contributed by atoms with Crippen LogP contribution in [0.4, 0.5) is 11.4 Å². The molecule has 0 aromatic heterocycles. The quantitative estimate of drug-likeness (QED) is 0.398. The second kappa shape index (κ2) is 10.3. The molecule has 0 saturated carbocycles. The predicted molar refractivity (Wildman–Crippen MR) is 120 cm³/mol. The molecule has 0 aliphatic carbocycles. The number of amides is 2. The second-order valence-corrected chi connectivity index (χ2v) is 7.99. The van der Waals surface area contributed by atoms with Gasteiger partial charge < -0.3 is 15.0 Å². The largest absolute Gasteiger partial charge is 0.454 e. The summed E-state index contributed by atoms with van der Waals surface area (Å²) in [6.45, 7) is 1.66. The van der Waals surface area contributed by atoms with Crippen LogP contribution in [0, 0.1) is 0 Å². The van der Waals surface area contributed by atoms with Crippen molar-refractivity contribution in [1.29, 1.82) is 0 Å². The Bertz CT molecular complexity index is 1000. The fraction of sp³-hybridized carbons (Fsp3) is 0.304. The lowest BCUT2D eigenvalue weighted by Gasteiger charge is -2.26. The molecule has 2 aromatic carbocycles. The summed E-state index contributed by atoms with van der Waals surface area (Å²) in [5.41, 5.74) is 1.93. The highest BCUT2D eigenvalue weighted by Crippen LogP contribution is 2.27. The molecular weight excluding hydrogens is 416 g/mol. The molecule has 1 aliphatic rings. The summed E-state index contributed by atoms with van der Waals surface area (Å²) in [4.78, 5) is 50.8. The highest BCUT2D eigenvalue weighted by Gasteiger charge is 2.20. The molecule has 0 bridgehead atoms. The zero-order valence-corrected chi connectivity index (χ0v) is 18.3. The Labute approximate surface area is 185 Å². The van der Waals surface area contributed by atoms with E-state index in [1.165, 1.54) is 18.7 Å². The number of benzene rings is 2. The first kappa shape index (κ1) is 22.6. The normalized spacial score (nSPS) is 13.6. The Kier molecular flexibility index (Phi) is 7.46. The molecule has 0 spiro atoms. The monoisotopic (exact) mass is 440 g/mol. The van der Waals surface area contributed by atoms with Crippen molar-refractivity contribution in [2.24, 2.45) is 0 Å². The maximum atomic E-state index is 12.5. The lowest BCUT2D eigenvalue weighted by molar-refractivity contribution is -0.119. The van der Waals surface area contributed by atoms with Gasteiger partial charge in [-0.3, -0.25) is 14.4 Å². The van der Waals surface area contributed by atoms with Gasteiger partial charge in [-0.2, -0.15) is 0 Å². The molecule has 1 aliphatic heterocycles. The van der Waals surface area contributed by atoms with Crippen molar-refractivity contribution in [2.75, 3.05) is 29.6 Å². The van der Waals surface area contributed by atoms with Gasteiger partial charge >= 0.3 is 5.97 Å². The molecule has 0 unspecified atom stereocenters. The van der Waals surface area contributed by atoms with Gasteiger partial charge in [0.1, 0.15) is 0 Å². The zero-order chi connectivity index (χ0) is 22.4. The number of ketones is 1. The van der Waals surface area contributed by atoms with Gasteiger partial charge in [0.25, 0.3) is 0 Å². The van der Waals surface area contributed by atoms with Gasteiger partial charge in [0, 0.05) is 36.0 Å². The maximum absolute atomic E-state index is 12.5. The average molecular weight is 441 g/mol. The van der Waals surface area contributed by atoms with Crippen LogP contribution >= 0.6 is 11.8 Å². The van der Waals surface area contributed by atoms with Crippen LogP contribution in [0.5, 0.6) is 0 Å². The number of hydrogen-bond acceptors (Lipinski definition) is 6. The molecule has 2 aromatic rings. The number of carbonyl (C=O) groups is 4. The number of rotatable bonds is 7. The number of thioether (sulfide) groups is 1. The molecule has 3 rings (SSSR count). The number of anilines is 2. The fourth-order valence-corrected chi connectivity index (χ4v) is 3.86. The Hall–Kier alpha value is -3.13. The molecule has 162 valence electrons. The number of nitrogens with one attached hydrogen (secondary N) is 1. The topological polar surface area (TPSA) is 92.8 Å². The summed E-state index contributed by atoms with van der Waals surface area (Å²) < 4.78 is 5.17. The minimum atomic E-state index is -0.618. The van der Waals surface area contributed by atoms with Crippen molar-refractivity contribution < 1.29 is 23.9 Å². The number of piperidine rings is 1. The summed E-state index contributed by atoms with van der Waals surface area (Å²) in [5.74, 6) is -1.14. The first-order valence-corrected chi connectivity index (χ1v) is 11.2. The lowest BCUT2D eigenvalue weighted by Crippen LogP contribution is -2.35. The van der Waals surface area contributed by atoms with E-state index in [2.05, 4.69) is 5.32 Å². The van der Waals surface area contributed by atoms with E-state index in [9.17, 15) is 19.2 Å². The third-order valence-corrected chi connectivity index (χ3v) is 5.70. The summed E-state index contributed by atoms with van der Waals surface area (Å²) in [6.07, 6.45) is 4.27. The molecular formula is C23H24N2O5S. The molecule has 7 nitrogen and oxygen atoms in total. The third kappa shape index (κ3) is 5.73. The van der Waals surface area contributed by atoms with Gasteiger partial charge in [-0.1, -0.05) is 6.07 Å². The minimum absolute atomic E-state index is 0.0818. The van der Waals surface area contributed by atoms with Crippen molar-refractivity contribution in [2.45, 2.75) is 31.1 Å². The van der Waals surface area contributed by atoms with E-state index in [1.807, 2.05) is 6.26 Å². The van der Waals surface area contributed by atoms with Crippen LogP contribution in [0.15, 0.2) is 47.4 Å². The summed E-state index contributed by atoms with van der Waals surface area (Å²) in [5, 5.41) is 2.70. The van der Waals surface area contributed by atoms with Gasteiger partial charge in [0.2, 0.25) is 11.8 Å². The average Bonchev–Trinajstić information content (AvgIpc) is 2.77. The van der Waals surface area contributed by atoms with Crippen molar-refractivity contribution in [3.05, 3.63) is 53.6 Å². The molecule has 1 N–H and O–H groups in total. The number of esters is 1. The van der Waals surface area contributed by atoms with Crippen molar-refractivity contribution in [3.63, 3.8) is 0 Å². The lowest BCUT2D eigenvalue weighted by atomic mass is 10.1. The highest BCUT2D eigenvalue weighted by molar-refractivity contribution is 7.98. The first-order chi connectivity index (χ1) is 14.9. The number of ether oxygens (including phenoxy) is 1. The SMILES string of the molecule is CSc1ccc(C(=O)COC(=O)c2ccc(N3CCCCC3=O)cc2)cc1NC(C)=O. The van der Waals surface area contributed by atoms with E-state index >= 15 is 0 Å². The van der Waals surface area contributed by atoms with Gasteiger partial charge in [-0.05, 0) is 55.5 Å². The maximum Gasteiger partial charge on any atom is 0.338 e. The highest BCUT2D eigenvalue weighted by atomic mass is 32.2. The predicted octanol–water partition coefficient (Wildman–Crippen LogP) is 3.92. The summed E-state index contributed by atoms with van der Waals surface area (Å²) >= 11 is 1.45. The number of Topliss-reactive ketones (excluding diaryl/α,β-unsaturated/α-hetero) is 1. The molecule has 31 heavy (non-hydrogen) atoms. The smallest absolute Gasteiger partial charge is 0.338 e. The van der Waals surface area contributed by atoms with Crippen LogP contribution < -0.4 is 10.2 Å².